The van der Waals surface area contributed by atoms with Crippen LogP contribution >= 0.6 is 11.6 Å². The van der Waals surface area contributed by atoms with Crippen molar-refractivity contribution in [1.82, 2.24) is 0 Å². The lowest BCUT2D eigenvalue weighted by molar-refractivity contribution is 0.141. The lowest BCUT2D eigenvalue weighted by Gasteiger charge is -2.16. The Bertz CT molecular complexity index is 615. The minimum atomic E-state index is -0.625. The molecule has 1 heterocycles. The minimum Gasteiger partial charge on any atom is -0.489 e. The second kappa shape index (κ2) is 5.96. The SMILES string of the molecule is CC(O)c1cc(Cl)ccc1OCC1Cc2ccccc2O1. The van der Waals surface area contributed by atoms with E-state index >= 15 is 0 Å². The molecule has 110 valence electrons. The van der Waals surface area contributed by atoms with Crippen molar-refractivity contribution in [2.75, 3.05) is 6.61 Å². The minimum absolute atomic E-state index is 0.0000676. The number of hydrogen-bond donors (Lipinski definition) is 1. The second-order valence-electron chi connectivity index (χ2n) is 5.22. The van der Waals surface area contributed by atoms with Gasteiger partial charge in [-0.15, -0.1) is 0 Å². The van der Waals surface area contributed by atoms with Gasteiger partial charge in [-0.3, -0.25) is 0 Å². The maximum atomic E-state index is 9.79. The van der Waals surface area contributed by atoms with Gasteiger partial charge in [0.2, 0.25) is 0 Å². The van der Waals surface area contributed by atoms with Crippen LogP contribution in [-0.4, -0.2) is 17.8 Å². The van der Waals surface area contributed by atoms with Crippen molar-refractivity contribution in [3.63, 3.8) is 0 Å². The van der Waals surface area contributed by atoms with E-state index in [0.29, 0.717) is 22.9 Å². The van der Waals surface area contributed by atoms with Crippen LogP contribution < -0.4 is 9.47 Å². The first kappa shape index (κ1) is 14.2. The summed E-state index contributed by atoms with van der Waals surface area (Å²) in [5.74, 6) is 1.58. The molecule has 1 aliphatic heterocycles. The first-order valence-corrected chi connectivity index (χ1v) is 7.36. The summed E-state index contributed by atoms with van der Waals surface area (Å²) in [5, 5.41) is 10.4. The molecule has 0 spiro atoms. The number of fused-ring (bicyclic) bond motifs is 1. The predicted molar refractivity (Wildman–Crippen MR) is 82.1 cm³/mol. The molecule has 0 radical (unpaired) electrons. The van der Waals surface area contributed by atoms with Gasteiger partial charge in [0.05, 0.1) is 6.10 Å². The van der Waals surface area contributed by atoms with E-state index in [9.17, 15) is 5.11 Å². The van der Waals surface area contributed by atoms with Crippen molar-refractivity contribution in [1.29, 1.82) is 0 Å². The van der Waals surface area contributed by atoms with E-state index in [2.05, 4.69) is 6.07 Å². The zero-order chi connectivity index (χ0) is 14.8. The molecular weight excluding hydrogens is 288 g/mol. The van der Waals surface area contributed by atoms with E-state index in [4.69, 9.17) is 21.1 Å². The molecule has 2 aromatic rings. The van der Waals surface area contributed by atoms with Crippen LogP contribution in [0.4, 0.5) is 0 Å². The molecule has 0 saturated heterocycles. The third-order valence-electron chi connectivity index (χ3n) is 3.56. The summed E-state index contributed by atoms with van der Waals surface area (Å²) >= 11 is 5.96. The highest BCUT2D eigenvalue weighted by Gasteiger charge is 2.23. The van der Waals surface area contributed by atoms with Crippen LogP contribution in [0.15, 0.2) is 42.5 Å². The molecule has 0 saturated carbocycles. The number of ether oxygens (including phenoxy) is 2. The lowest BCUT2D eigenvalue weighted by atomic mass is 10.1. The van der Waals surface area contributed by atoms with E-state index in [1.807, 2.05) is 18.2 Å². The Labute approximate surface area is 129 Å². The molecule has 2 unspecified atom stereocenters. The van der Waals surface area contributed by atoms with Crippen LogP contribution in [0, 0.1) is 0 Å². The summed E-state index contributed by atoms with van der Waals surface area (Å²) in [7, 11) is 0. The van der Waals surface area contributed by atoms with Crippen LogP contribution in [0.5, 0.6) is 11.5 Å². The van der Waals surface area contributed by atoms with Crippen molar-refractivity contribution in [3.8, 4) is 11.5 Å². The van der Waals surface area contributed by atoms with Gasteiger partial charge in [0.1, 0.15) is 24.2 Å². The molecule has 0 fully saturated rings. The molecule has 0 bridgehead atoms. The highest BCUT2D eigenvalue weighted by molar-refractivity contribution is 6.30. The van der Waals surface area contributed by atoms with Gasteiger partial charge in [-0.1, -0.05) is 29.8 Å². The molecule has 1 N–H and O–H groups in total. The average molecular weight is 305 g/mol. The number of halogens is 1. The van der Waals surface area contributed by atoms with Gasteiger partial charge >= 0.3 is 0 Å². The third-order valence-corrected chi connectivity index (χ3v) is 3.80. The van der Waals surface area contributed by atoms with Crippen LogP contribution in [0.25, 0.3) is 0 Å². The molecule has 0 aromatic heterocycles. The molecule has 2 aromatic carbocycles. The van der Waals surface area contributed by atoms with E-state index in [1.165, 1.54) is 5.56 Å². The van der Waals surface area contributed by atoms with Gasteiger partial charge in [-0.25, -0.2) is 0 Å². The molecule has 2 atom stereocenters. The summed E-state index contributed by atoms with van der Waals surface area (Å²) in [6, 6.07) is 13.3. The highest BCUT2D eigenvalue weighted by Crippen LogP contribution is 2.31. The first-order chi connectivity index (χ1) is 10.1. The molecule has 3 rings (SSSR count). The van der Waals surface area contributed by atoms with Crippen molar-refractivity contribution in [2.24, 2.45) is 0 Å². The average Bonchev–Trinajstić information content (AvgIpc) is 2.88. The lowest BCUT2D eigenvalue weighted by Crippen LogP contribution is -2.22. The van der Waals surface area contributed by atoms with E-state index in [0.717, 1.165) is 12.2 Å². The van der Waals surface area contributed by atoms with Crippen LogP contribution in [0.2, 0.25) is 5.02 Å². The Morgan fingerprint density at radius 1 is 1.33 bits per heavy atom. The Morgan fingerprint density at radius 3 is 2.90 bits per heavy atom. The fraction of sp³-hybridized carbons (Fsp3) is 0.294. The maximum absolute atomic E-state index is 9.79. The van der Waals surface area contributed by atoms with E-state index in [1.54, 1.807) is 25.1 Å². The normalized spacial score (nSPS) is 18.0. The van der Waals surface area contributed by atoms with Crippen LogP contribution in [-0.2, 0) is 6.42 Å². The summed E-state index contributed by atoms with van der Waals surface area (Å²) < 4.78 is 11.7. The smallest absolute Gasteiger partial charge is 0.137 e. The van der Waals surface area contributed by atoms with Crippen LogP contribution in [0.1, 0.15) is 24.2 Å². The zero-order valence-electron chi connectivity index (χ0n) is 11.8. The molecule has 3 nitrogen and oxygen atoms in total. The summed E-state index contributed by atoms with van der Waals surface area (Å²) in [4.78, 5) is 0. The predicted octanol–water partition coefficient (Wildman–Crippen LogP) is 3.78. The Morgan fingerprint density at radius 2 is 2.14 bits per heavy atom. The molecule has 4 heteroatoms. The summed E-state index contributed by atoms with van der Waals surface area (Å²) in [6.45, 7) is 2.14. The van der Waals surface area contributed by atoms with E-state index < -0.39 is 6.10 Å². The number of aliphatic hydroxyl groups excluding tert-OH is 1. The number of benzene rings is 2. The van der Waals surface area contributed by atoms with E-state index in [-0.39, 0.29) is 6.10 Å². The number of hydrogen-bond acceptors (Lipinski definition) is 3. The third kappa shape index (κ3) is 3.14. The topological polar surface area (TPSA) is 38.7 Å². The number of rotatable bonds is 4. The Hall–Kier alpha value is -1.71. The summed E-state index contributed by atoms with van der Waals surface area (Å²) in [6.07, 6.45) is 0.216. The molecule has 0 aliphatic carbocycles. The van der Waals surface area contributed by atoms with Gasteiger partial charge < -0.3 is 14.6 Å². The first-order valence-electron chi connectivity index (χ1n) is 6.98. The molecule has 21 heavy (non-hydrogen) atoms. The second-order valence-corrected chi connectivity index (χ2v) is 5.66. The quantitative estimate of drug-likeness (QED) is 0.934. The standard InChI is InChI=1S/C17H17ClO3/c1-11(19)15-9-13(18)6-7-17(15)20-10-14-8-12-4-2-3-5-16(12)21-14/h2-7,9,11,14,19H,8,10H2,1H3. The van der Waals surface area contributed by atoms with Gasteiger partial charge in [0.25, 0.3) is 0 Å². The monoisotopic (exact) mass is 304 g/mol. The largest absolute Gasteiger partial charge is 0.489 e. The van der Waals surface area contributed by atoms with Gasteiger partial charge in [-0.2, -0.15) is 0 Å². The Kier molecular flexibility index (Phi) is 4.04. The number of para-hydroxylation sites is 1. The number of aliphatic hydroxyl groups is 1. The van der Waals surface area contributed by atoms with Gasteiger partial charge in [0.15, 0.2) is 0 Å². The van der Waals surface area contributed by atoms with Crippen molar-refractivity contribution in [2.45, 2.75) is 25.6 Å². The Balaban J connectivity index is 1.67. The van der Waals surface area contributed by atoms with Gasteiger partial charge in [0, 0.05) is 17.0 Å². The van der Waals surface area contributed by atoms with Crippen molar-refractivity contribution >= 4 is 11.6 Å². The molecular formula is C17H17ClO3. The molecule has 1 aliphatic rings. The van der Waals surface area contributed by atoms with Crippen molar-refractivity contribution in [3.05, 3.63) is 58.6 Å². The van der Waals surface area contributed by atoms with Crippen molar-refractivity contribution < 1.29 is 14.6 Å². The fourth-order valence-electron chi connectivity index (χ4n) is 2.51. The maximum Gasteiger partial charge on any atom is 0.137 e. The van der Waals surface area contributed by atoms with Gasteiger partial charge in [-0.05, 0) is 36.8 Å². The van der Waals surface area contributed by atoms with Crippen LogP contribution in [0.3, 0.4) is 0 Å². The highest BCUT2D eigenvalue weighted by atomic mass is 35.5. The zero-order valence-corrected chi connectivity index (χ0v) is 12.5. The fourth-order valence-corrected chi connectivity index (χ4v) is 2.69. The molecule has 0 amide bonds. The summed E-state index contributed by atoms with van der Waals surface area (Å²) in [5.41, 5.74) is 1.90.